The van der Waals surface area contributed by atoms with Gasteiger partial charge in [0.05, 0.1) is 12.2 Å². The van der Waals surface area contributed by atoms with Crippen LogP contribution in [0.4, 0.5) is 0 Å². The van der Waals surface area contributed by atoms with Crippen LogP contribution >= 0.6 is 0 Å². The molecule has 0 aromatic carbocycles. The molecule has 0 saturated heterocycles. The number of rotatable bonds is 2. The fraction of sp³-hybridized carbons (Fsp3) is 0.364. The van der Waals surface area contributed by atoms with Crippen LogP contribution in [0.3, 0.4) is 0 Å². The second kappa shape index (κ2) is 5.90. The third-order valence-electron chi connectivity index (χ3n) is 1.83. The summed E-state index contributed by atoms with van der Waals surface area (Å²) in [6.07, 6.45) is 7.74. The van der Waals surface area contributed by atoms with Crippen molar-refractivity contribution in [3.63, 3.8) is 0 Å². The molecule has 2 heterocycles. The maximum Gasteiger partial charge on any atom is 0.0824 e. The average Bonchev–Trinajstić information content (AvgIpc) is 2.74. The highest BCUT2D eigenvalue weighted by molar-refractivity contribution is 5.23. The molecule has 82 valence electrons. The average molecular weight is 206 g/mol. The lowest BCUT2D eigenvalue weighted by Crippen LogP contribution is -2.31. The van der Waals surface area contributed by atoms with Crippen molar-refractivity contribution in [2.75, 3.05) is 0 Å². The maximum atomic E-state index is 4.12. The van der Waals surface area contributed by atoms with Gasteiger partial charge in [0, 0.05) is 18.6 Å². The minimum absolute atomic E-state index is 0.769. The van der Waals surface area contributed by atoms with E-state index in [1.165, 1.54) is 5.57 Å². The summed E-state index contributed by atoms with van der Waals surface area (Å²) in [7, 11) is 0. The van der Waals surface area contributed by atoms with E-state index in [-0.39, 0.29) is 0 Å². The molecule has 4 nitrogen and oxygen atoms in total. The Kier molecular flexibility index (Phi) is 4.47. The Morgan fingerprint density at radius 3 is 2.80 bits per heavy atom. The summed E-state index contributed by atoms with van der Waals surface area (Å²) >= 11 is 0. The van der Waals surface area contributed by atoms with Crippen LogP contribution in [0.2, 0.25) is 0 Å². The highest BCUT2D eigenvalue weighted by Gasteiger charge is 2.01. The summed E-state index contributed by atoms with van der Waals surface area (Å²) in [6.45, 7) is 6.82. The number of hydrogen-bond acceptors (Lipinski definition) is 3. The highest BCUT2D eigenvalue weighted by atomic mass is 15.4. The Bertz CT molecular complexity index is 335. The van der Waals surface area contributed by atoms with E-state index in [9.17, 15) is 0 Å². The van der Waals surface area contributed by atoms with Crippen LogP contribution in [0.1, 0.15) is 20.8 Å². The van der Waals surface area contributed by atoms with Crippen LogP contribution in [0, 0.1) is 0 Å². The fourth-order valence-corrected chi connectivity index (χ4v) is 1.25. The molecule has 0 bridgehead atoms. The summed E-state index contributed by atoms with van der Waals surface area (Å²) in [5.74, 6) is 0. The second-order valence-electron chi connectivity index (χ2n) is 3.03. The van der Waals surface area contributed by atoms with Crippen molar-refractivity contribution in [3.05, 3.63) is 42.0 Å². The molecular formula is C11H18N4. The molecule has 0 aliphatic carbocycles. The molecule has 1 aliphatic rings. The lowest BCUT2D eigenvalue weighted by molar-refractivity contribution is 0.593. The van der Waals surface area contributed by atoms with Gasteiger partial charge in [0.2, 0.25) is 0 Å². The van der Waals surface area contributed by atoms with Gasteiger partial charge in [0.15, 0.2) is 0 Å². The smallest absolute Gasteiger partial charge is 0.0824 e. The van der Waals surface area contributed by atoms with Crippen molar-refractivity contribution in [2.24, 2.45) is 0 Å². The summed E-state index contributed by atoms with van der Waals surface area (Å²) in [5, 5.41) is 4.12. The SMILES string of the molecule is CC.CC1=CNNC(Cn2cccn2)=C1. The number of aromatic nitrogens is 2. The summed E-state index contributed by atoms with van der Waals surface area (Å²) in [4.78, 5) is 0. The normalized spacial score (nSPS) is 13.8. The summed E-state index contributed by atoms with van der Waals surface area (Å²) in [5.41, 5.74) is 8.36. The minimum atomic E-state index is 0.769. The first-order valence-corrected chi connectivity index (χ1v) is 5.21. The summed E-state index contributed by atoms with van der Waals surface area (Å²) in [6, 6.07) is 1.92. The third kappa shape index (κ3) is 3.50. The van der Waals surface area contributed by atoms with Crippen molar-refractivity contribution >= 4 is 0 Å². The van der Waals surface area contributed by atoms with Crippen LogP contribution in [-0.2, 0) is 6.54 Å². The number of hydrogen-bond donors (Lipinski definition) is 2. The molecule has 0 saturated carbocycles. The van der Waals surface area contributed by atoms with Gasteiger partial charge in [-0.1, -0.05) is 13.8 Å². The van der Waals surface area contributed by atoms with Crippen molar-refractivity contribution in [1.29, 1.82) is 0 Å². The Hall–Kier alpha value is -1.71. The van der Waals surface area contributed by atoms with Gasteiger partial charge in [-0.15, -0.1) is 0 Å². The lowest BCUT2D eigenvalue weighted by atomic mass is 10.2. The number of nitrogens with zero attached hydrogens (tertiary/aromatic N) is 2. The van der Waals surface area contributed by atoms with Crippen molar-refractivity contribution in [3.8, 4) is 0 Å². The topological polar surface area (TPSA) is 41.9 Å². The highest BCUT2D eigenvalue weighted by Crippen LogP contribution is 2.03. The van der Waals surface area contributed by atoms with Gasteiger partial charge in [-0.2, -0.15) is 5.10 Å². The van der Waals surface area contributed by atoms with Crippen LogP contribution in [0.25, 0.3) is 0 Å². The van der Waals surface area contributed by atoms with E-state index in [2.05, 4.69) is 29.0 Å². The van der Waals surface area contributed by atoms with Crippen LogP contribution < -0.4 is 10.9 Å². The molecular weight excluding hydrogens is 188 g/mol. The van der Waals surface area contributed by atoms with E-state index in [1.54, 1.807) is 6.20 Å². The first-order valence-electron chi connectivity index (χ1n) is 5.21. The van der Waals surface area contributed by atoms with Crippen molar-refractivity contribution < 1.29 is 0 Å². The molecule has 15 heavy (non-hydrogen) atoms. The number of hydrazine groups is 1. The predicted octanol–water partition coefficient (Wildman–Crippen LogP) is 1.80. The molecule has 0 atom stereocenters. The number of nitrogens with one attached hydrogen (secondary N) is 2. The van der Waals surface area contributed by atoms with E-state index >= 15 is 0 Å². The zero-order valence-electron chi connectivity index (χ0n) is 9.49. The lowest BCUT2D eigenvalue weighted by Gasteiger charge is -2.15. The van der Waals surface area contributed by atoms with Crippen LogP contribution in [-0.4, -0.2) is 9.78 Å². The third-order valence-corrected chi connectivity index (χ3v) is 1.83. The monoisotopic (exact) mass is 206 g/mol. The molecule has 1 aliphatic heterocycles. The van der Waals surface area contributed by atoms with E-state index in [0.29, 0.717) is 0 Å². The largest absolute Gasteiger partial charge is 0.308 e. The zero-order chi connectivity index (χ0) is 11.1. The zero-order valence-corrected chi connectivity index (χ0v) is 9.49. The Labute approximate surface area is 90.6 Å². The Balaban J connectivity index is 0.000000531. The molecule has 1 aromatic rings. The standard InChI is InChI=1S/C9H12N4.C2H6/c1-8-5-9(12-10-6-8)7-13-4-2-3-11-13;1-2/h2-6,10,12H,7H2,1H3;1-2H3. The van der Waals surface area contributed by atoms with E-state index in [4.69, 9.17) is 0 Å². The van der Waals surface area contributed by atoms with Gasteiger partial charge in [-0.25, -0.2) is 0 Å². The molecule has 4 heteroatoms. The van der Waals surface area contributed by atoms with E-state index in [1.807, 2.05) is 37.0 Å². The minimum Gasteiger partial charge on any atom is -0.308 e. The second-order valence-corrected chi connectivity index (χ2v) is 3.03. The predicted molar refractivity (Wildman–Crippen MR) is 61.7 cm³/mol. The molecule has 0 unspecified atom stereocenters. The van der Waals surface area contributed by atoms with Gasteiger partial charge in [0.1, 0.15) is 0 Å². The van der Waals surface area contributed by atoms with Gasteiger partial charge in [-0.05, 0) is 24.6 Å². The van der Waals surface area contributed by atoms with Crippen molar-refractivity contribution in [1.82, 2.24) is 20.6 Å². The van der Waals surface area contributed by atoms with Gasteiger partial charge < -0.3 is 10.9 Å². The first-order chi connectivity index (χ1) is 7.34. The van der Waals surface area contributed by atoms with Gasteiger partial charge in [-0.3, -0.25) is 4.68 Å². The molecule has 0 fully saturated rings. The molecule has 0 radical (unpaired) electrons. The molecule has 0 spiro atoms. The Morgan fingerprint density at radius 2 is 2.20 bits per heavy atom. The molecule has 1 aromatic heterocycles. The van der Waals surface area contributed by atoms with E-state index in [0.717, 1.165) is 12.2 Å². The number of allylic oxidation sites excluding steroid dienone is 3. The molecule has 0 amide bonds. The van der Waals surface area contributed by atoms with Crippen molar-refractivity contribution in [2.45, 2.75) is 27.3 Å². The van der Waals surface area contributed by atoms with Crippen LogP contribution in [0.5, 0.6) is 0 Å². The molecule has 2 rings (SSSR count). The summed E-state index contributed by atoms with van der Waals surface area (Å²) < 4.78 is 1.87. The quantitative estimate of drug-likeness (QED) is 0.775. The van der Waals surface area contributed by atoms with E-state index < -0.39 is 0 Å². The van der Waals surface area contributed by atoms with Gasteiger partial charge in [0.25, 0.3) is 0 Å². The molecule has 2 N–H and O–H groups in total. The first kappa shape index (κ1) is 11.4. The van der Waals surface area contributed by atoms with Crippen LogP contribution in [0.15, 0.2) is 42.0 Å². The van der Waals surface area contributed by atoms with Gasteiger partial charge >= 0.3 is 0 Å². The Morgan fingerprint density at radius 1 is 1.40 bits per heavy atom. The fourth-order valence-electron chi connectivity index (χ4n) is 1.25. The maximum absolute atomic E-state index is 4.12.